The molecule has 8 heteroatoms. The van der Waals surface area contributed by atoms with Crippen molar-refractivity contribution < 1.29 is 24.2 Å². The molecule has 1 aliphatic heterocycles. The lowest BCUT2D eigenvalue weighted by Crippen LogP contribution is -2.50. The van der Waals surface area contributed by atoms with Crippen molar-refractivity contribution >= 4 is 24.3 Å². The molecule has 1 aromatic carbocycles. The number of methoxy groups -OCH3 is 2. The van der Waals surface area contributed by atoms with Crippen LogP contribution in [0.25, 0.3) is 0 Å². The molecule has 27 heavy (non-hydrogen) atoms. The fourth-order valence-corrected chi connectivity index (χ4v) is 3.32. The minimum Gasteiger partial charge on any atom is -0.497 e. The summed E-state index contributed by atoms with van der Waals surface area (Å²) in [5, 5.41) is 12.2. The van der Waals surface area contributed by atoms with Crippen LogP contribution in [0.5, 0.6) is 11.5 Å². The van der Waals surface area contributed by atoms with E-state index in [-0.39, 0.29) is 24.4 Å². The minimum atomic E-state index is -0.795. The first kappa shape index (κ1) is 23.0. The second kappa shape index (κ2) is 10.4. The monoisotopic (exact) mass is 400 g/mol. The van der Waals surface area contributed by atoms with Crippen LogP contribution in [-0.2, 0) is 9.59 Å². The van der Waals surface area contributed by atoms with E-state index in [0.29, 0.717) is 24.5 Å². The van der Waals surface area contributed by atoms with Crippen molar-refractivity contribution in [3.63, 3.8) is 0 Å². The number of carbonyl (C=O) groups excluding carboxylic acids is 1. The summed E-state index contributed by atoms with van der Waals surface area (Å²) in [4.78, 5) is 25.9. The maximum atomic E-state index is 12.7. The summed E-state index contributed by atoms with van der Waals surface area (Å²) < 4.78 is 10.6. The van der Waals surface area contributed by atoms with Crippen molar-refractivity contribution in [2.24, 2.45) is 5.92 Å². The summed E-state index contributed by atoms with van der Waals surface area (Å²) in [5.74, 6) is 0.0329. The molecule has 0 radical (unpaired) electrons. The smallest absolute Gasteiger partial charge is 0.307 e. The van der Waals surface area contributed by atoms with E-state index in [4.69, 9.17) is 9.47 Å². The van der Waals surface area contributed by atoms with Gasteiger partial charge in [0.2, 0.25) is 5.91 Å². The first-order chi connectivity index (χ1) is 12.4. The van der Waals surface area contributed by atoms with Gasteiger partial charge in [-0.25, -0.2) is 0 Å². The van der Waals surface area contributed by atoms with E-state index in [1.54, 1.807) is 20.3 Å². The number of benzene rings is 1. The SMILES string of the molecule is COc1ccc(OC)c(C(C)NC(=O)C(C)N2CCCC(C(=O)O)C2)c1.Cl. The number of carbonyl (C=O) groups is 2. The Hall–Kier alpha value is -1.99. The van der Waals surface area contributed by atoms with Gasteiger partial charge in [0.25, 0.3) is 0 Å². The highest BCUT2D eigenvalue weighted by Crippen LogP contribution is 2.29. The molecule has 0 bridgehead atoms. The number of likely N-dealkylation sites (tertiary alicyclic amines) is 1. The normalized spacial score (nSPS) is 19.3. The van der Waals surface area contributed by atoms with E-state index in [1.807, 2.05) is 30.9 Å². The average molecular weight is 401 g/mol. The molecule has 3 unspecified atom stereocenters. The van der Waals surface area contributed by atoms with Gasteiger partial charge in [0.05, 0.1) is 32.2 Å². The largest absolute Gasteiger partial charge is 0.497 e. The zero-order valence-electron chi connectivity index (χ0n) is 16.2. The summed E-state index contributed by atoms with van der Waals surface area (Å²) in [6.07, 6.45) is 1.45. The highest BCUT2D eigenvalue weighted by atomic mass is 35.5. The van der Waals surface area contributed by atoms with Crippen LogP contribution in [0.1, 0.15) is 38.3 Å². The Bertz CT molecular complexity index is 655. The molecule has 3 atom stereocenters. The number of hydrogen-bond acceptors (Lipinski definition) is 5. The molecule has 1 saturated heterocycles. The Kier molecular flexibility index (Phi) is 8.85. The lowest BCUT2D eigenvalue weighted by molar-refractivity contribution is -0.145. The van der Waals surface area contributed by atoms with Gasteiger partial charge in [0.1, 0.15) is 11.5 Å². The summed E-state index contributed by atoms with van der Waals surface area (Å²) >= 11 is 0. The lowest BCUT2D eigenvalue weighted by Gasteiger charge is -2.35. The van der Waals surface area contributed by atoms with E-state index in [1.165, 1.54) is 0 Å². The maximum Gasteiger partial charge on any atom is 0.307 e. The van der Waals surface area contributed by atoms with Crippen LogP contribution >= 0.6 is 12.4 Å². The predicted octanol–water partition coefficient (Wildman–Crippen LogP) is 2.49. The molecular formula is C19H29ClN2O5. The van der Waals surface area contributed by atoms with Crippen LogP contribution < -0.4 is 14.8 Å². The number of carboxylic acids is 1. The topological polar surface area (TPSA) is 88.1 Å². The number of ether oxygens (including phenoxy) is 2. The summed E-state index contributed by atoms with van der Waals surface area (Å²) in [5.41, 5.74) is 0.828. The number of amides is 1. The van der Waals surface area contributed by atoms with Crippen molar-refractivity contribution in [2.75, 3.05) is 27.3 Å². The molecule has 1 aliphatic rings. The third-order valence-corrected chi connectivity index (χ3v) is 4.99. The van der Waals surface area contributed by atoms with E-state index in [9.17, 15) is 14.7 Å². The fourth-order valence-electron chi connectivity index (χ4n) is 3.32. The lowest BCUT2D eigenvalue weighted by atomic mass is 9.97. The van der Waals surface area contributed by atoms with E-state index >= 15 is 0 Å². The van der Waals surface area contributed by atoms with Crippen molar-refractivity contribution in [1.82, 2.24) is 10.2 Å². The summed E-state index contributed by atoms with van der Waals surface area (Å²) in [6, 6.07) is 4.79. The summed E-state index contributed by atoms with van der Waals surface area (Å²) in [6.45, 7) is 4.84. The van der Waals surface area contributed by atoms with Crippen LogP contribution in [0.15, 0.2) is 18.2 Å². The number of piperidine rings is 1. The molecule has 1 aromatic rings. The number of nitrogens with one attached hydrogen (secondary N) is 1. The van der Waals surface area contributed by atoms with Crippen LogP contribution in [0.2, 0.25) is 0 Å². The van der Waals surface area contributed by atoms with Gasteiger partial charge in [-0.1, -0.05) is 0 Å². The molecule has 2 N–H and O–H groups in total. The Morgan fingerprint density at radius 1 is 1.26 bits per heavy atom. The molecular weight excluding hydrogens is 372 g/mol. The average Bonchev–Trinajstić information content (AvgIpc) is 2.66. The van der Waals surface area contributed by atoms with Gasteiger partial charge < -0.3 is 19.9 Å². The molecule has 7 nitrogen and oxygen atoms in total. The number of halogens is 1. The van der Waals surface area contributed by atoms with Gasteiger partial charge in [0, 0.05) is 12.1 Å². The van der Waals surface area contributed by atoms with Crippen molar-refractivity contribution in [1.29, 1.82) is 0 Å². The first-order valence-corrected chi connectivity index (χ1v) is 8.86. The van der Waals surface area contributed by atoms with Crippen LogP contribution in [0, 0.1) is 5.92 Å². The molecule has 1 amide bonds. The minimum absolute atomic E-state index is 0. The van der Waals surface area contributed by atoms with E-state index in [0.717, 1.165) is 18.5 Å². The number of rotatable bonds is 7. The first-order valence-electron chi connectivity index (χ1n) is 8.86. The number of nitrogens with zero attached hydrogens (tertiary/aromatic N) is 1. The van der Waals surface area contributed by atoms with Gasteiger partial charge in [-0.2, -0.15) is 0 Å². The van der Waals surface area contributed by atoms with Crippen molar-refractivity contribution in [3.05, 3.63) is 23.8 Å². The second-order valence-electron chi connectivity index (χ2n) is 6.69. The molecule has 0 saturated carbocycles. The van der Waals surface area contributed by atoms with Crippen LogP contribution in [0.4, 0.5) is 0 Å². The van der Waals surface area contributed by atoms with Gasteiger partial charge in [-0.3, -0.25) is 14.5 Å². The number of hydrogen-bond donors (Lipinski definition) is 2. The zero-order chi connectivity index (χ0) is 19.3. The predicted molar refractivity (Wildman–Crippen MR) is 105 cm³/mol. The third kappa shape index (κ3) is 5.74. The van der Waals surface area contributed by atoms with Gasteiger partial charge >= 0.3 is 5.97 Å². The van der Waals surface area contributed by atoms with Crippen molar-refractivity contribution in [3.8, 4) is 11.5 Å². The standard InChI is InChI=1S/C19H28N2O5.ClH/c1-12(16-10-15(25-3)7-8-17(16)26-4)20-18(22)13(2)21-9-5-6-14(11-21)19(23)24;/h7-8,10,12-14H,5-6,9,11H2,1-4H3,(H,20,22)(H,23,24);1H. The zero-order valence-corrected chi connectivity index (χ0v) is 17.0. The molecule has 0 aliphatic carbocycles. The number of carboxylic acid groups (broad SMARTS) is 1. The fraction of sp³-hybridized carbons (Fsp3) is 0.579. The van der Waals surface area contributed by atoms with Crippen LogP contribution in [0.3, 0.4) is 0 Å². The van der Waals surface area contributed by atoms with Gasteiger partial charge in [0.15, 0.2) is 0 Å². The van der Waals surface area contributed by atoms with E-state index in [2.05, 4.69) is 5.32 Å². The molecule has 0 aromatic heterocycles. The van der Waals surface area contributed by atoms with Crippen molar-refractivity contribution in [2.45, 2.75) is 38.8 Å². The Morgan fingerprint density at radius 3 is 2.56 bits per heavy atom. The Labute approximate surface area is 166 Å². The molecule has 1 heterocycles. The summed E-state index contributed by atoms with van der Waals surface area (Å²) in [7, 11) is 3.17. The molecule has 0 spiro atoms. The quantitative estimate of drug-likeness (QED) is 0.731. The van der Waals surface area contributed by atoms with Gasteiger partial charge in [-0.15, -0.1) is 12.4 Å². The number of aliphatic carboxylic acids is 1. The van der Waals surface area contributed by atoms with Crippen LogP contribution in [-0.4, -0.2) is 55.2 Å². The van der Waals surface area contributed by atoms with E-state index < -0.39 is 17.9 Å². The molecule has 152 valence electrons. The molecule has 1 fully saturated rings. The third-order valence-electron chi connectivity index (χ3n) is 4.99. The maximum absolute atomic E-state index is 12.7. The van der Waals surface area contributed by atoms with Gasteiger partial charge in [-0.05, 0) is 51.4 Å². The second-order valence-corrected chi connectivity index (χ2v) is 6.69. The highest BCUT2D eigenvalue weighted by Gasteiger charge is 2.31. The highest BCUT2D eigenvalue weighted by molar-refractivity contribution is 5.85. The molecule has 2 rings (SSSR count). The Morgan fingerprint density at radius 2 is 1.96 bits per heavy atom. The Balaban J connectivity index is 0.00000364.